The summed E-state index contributed by atoms with van der Waals surface area (Å²) >= 11 is 0. The van der Waals surface area contributed by atoms with Gasteiger partial charge in [-0.25, -0.2) is 9.59 Å². The van der Waals surface area contributed by atoms with Crippen molar-refractivity contribution in [2.24, 2.45) is 0 Å². The van der Waals surface area contributed by atoms with Crippen LogP contribution in [0.1, 0.15) is 36.0 Å². The van der Waals surface area contributed by atoms with Gasteiger partial charge in [-0.2, -0.15) is 0 Å². The molecule has 0 atom stereocenters. The van der Waals surface area contributed by atoms with E-state index in [1.165, 1.54) is 12.1 Å². The molecule has 0 aliphatic carbocycles. The molecule has 0 fully saturated rings. The van der Waals surface area contributed by atoms with Gasteiger partial charge in [0.05, 0.1) is 25.9 Å². The van der Waals surface area contributed by atoms with Gasteiger partial charge in [0.15, 0.2) is 0 Å². The second kappa shape index (κ2) is 14.5. The van der Waals surface area contributed by atoms with Gasteiger partial charge >= 0.3 is 11.9 Å². The van der Waals surface area contributed by atoms with Crippen LogP contribution in [0.3, 0.4) is 0 Å². The second-order valence-corrected chi connectivity index (χ2v) is 6.24. The van der Waals surface area contributed by atoms with E-state index < -0.39 is 5.97 Å². The molecule has 30 heavy (non-hydrogen) atoms. The minimum atomic E-state index is -0.946. The lowest BCUT2D eigenvalue weighted by Crippen LogP contribution is -2.02. The van der Waals surface area contributed by atoms with Crippen molar-refractivity contribution in [3.8, 4) is 11.5 Å². The normalized spacial score (nSPS) is 9.63. The van der Waals surface area contributed by atoms with E-state index in [1.54, 1.807) is 31.4 Å². The molecule has 0 radical (unpaired) electrons. The van der Waals surface area contributed by atoms with Crippen LogP contribution in [0.2, 0.25) is 0 Å². The molecule has 0 spiro atoms. The van der Waals surface area contributed by atoms with Crippen LogP contribution < -0.4 is 15.2 Å². The van der Waals surface area contributed by atoms with E-state index in [0.29, 0.717) is 19.0 Å². The molecule has 0 saturated heterocycles. The molecule has 2 aromatic rings. The molecule has 2 rings (SSSR count). The topological polar surface area (TPSA) is 108 Å². The molecular formula is C23H29NO6. The molecule has 2 aromatic carbocycles. The Morgan fingerprint density at radius 2 is 1.50 bits per heavy atom. The lowest BCUT2D eigenvalue weighted by atomic mass is 10.2. The van der Waals surface area contributed by atoms with E-state index in [0.717, 1.165) is 43.2 Å². The van der Waals surface area contributed by atoms with Crippen molar-refractivity contribution in [1.82, 2.24) is 0 Å². The Balaban J connectivity index is 0.000000414. The number of rotatable bonds is 11. The largest absolute Gasteiger partial charge is 0.497 e. The van der Waals surface area contributed by atoms with Crippen molar-refractivity contribution in [2.75, 3.05) is 26.1 Å². The number of carboxylic acid groups (broad SMARTS) is 1. The SMILES string of the molecule is C=CC(=O)OCCCCCCOc1ccc(C(=O)O)cc1.COc1ccc(N)cc1. The number of carboxylic acids is 1. The Hall–Kier alpha value is -3.48. The fourth-order valence-electron chi connectivity index (χ4n) is 2.28. The summed E-state index contributed by atoms with van der Waals surface area (Å²) in [5.41, 5.74) is 6.43. The highest BCUT2D eigenvalue weighted by atomic mass is 16.5. The van der Waals surface area contributed by atoms with Crippen LogP contribution in [-0.4, -0.2) is 37.4 Å². The molecule has 0 aliphatic heterocycles. The zero-order valence-corrected chi connectivity index (χ0v) is 17.2. The number of nitrogens with two attached hydrogens (primary N) is 1. The van der Waals surface area contributed by atoms with Crippen LogP contribution in [0.5, 0.6) is 11.5 Å². The summed E-state index contributed by atoms with van der Waals surface area (Å²) in [6.07, 6.45) is 4.83. The Kier molecular flexibility index (Phi) is 11.9. The first-order chi connectivity index (χ1) is 14.5. The number of carbonyl (C=O) groups is 2. The predicted molar refractivity (Wildman–Crippen MR) is 116 cm³/mol. The summed E-state index contributed by atoms with van der Waals surface area (Å²) in [5, 5.41) is 8.77. The summed E-state index contributed by atoms with van der Waals surface area (Å²) < 4.78 is 15.3. The number of ether oxygens (including phenoxy) is 3. The number of benzene rings is 2. The molecule has 0 aliphatic rings. The molecule has 0 aromatic heterocycles. The van der Waals surface area contributed by atoms with E-state index in [9.17, 15) is 9.59 Å². The molecule has 0 amide bonds. The smallest absolute Gasteiger partial charge is 0.335 e. The van der Waals surface area contributed by atoms with Gasteiger partial charge in [0, 0.05) is 11.8 Å². The third kappa shape index (κ3) is 10.8. The molecule has 7 nitrogen and oxygen atoms in total. The summed E-state index contributed by atoms with van der Waals surface area (Å²) in [5.74, 6) is 0.172. The molecule has 7 heteroatoms. The Bertz CT molecular complexity index is 771. The maximum Gasteiger partial charge on any atom is 0.335 e. The average molecular weight is 415 g/mol. The van der Waals surface area contributed by atoms with Gasteiger partial charge in [0.25, 0.3) is 0 Å². The summed E-state index contributed by atoms with van der Waals surface area (Å²) in [6, 6.07) is 13.6. The molecule has 0 saturated carbocycles. The van der Waals surface area contributed by atoms with Gasteiger partial charge in [0.1, 0.15) is 11.5 Å². The van der Waals surface area contributed by atoms with Crippen LogP contribution in [0.15, 0.2) is 61.2 Å². The maximum absolute atomic E-state index is 10.8. The van der Waals surface area contributed by atoms with Crippen molar-refractivity contribution in [3.05, 3.63) is 66.7 Å². The van der Waals surface area contributed by atoms with Gasteiger partial charge in [0.2, 0.25) is 0 Å². The van der Waals surface area contributed by atoms with Crippen molar-refractivity contribution in [1.29, 1.82) is 0 Å². The van der Waals surface area contributed by atoms with Crippen LogP contribution in [0, 0.1) is 0 Å². The standard InChI is InChI=1S/C16H20O5.C7H9NO/c1-2-15(17)21-12-6-4-3-5-11-20-14-9-7-13(8-10-14)16(18)19;1-9-7-4-2-6(8)3-5-7/h2,7-10H,1,3-6,11-12H2,(H,18,19);2-5H,8H2,1H3. The van der Waals surface area contributed by atoms with Crippen LogP contribution >= 0.6 is 0 Å². The minimum absolute atomic E-state index is 0.247. The number of hydrogen-bond donors (Lipinski definition) is 2. The summed E-state index contributed by atoms with van der Waals surface area (Å²) in [6.45, 7) is 4.32. The number of unbranched alkanes of at least 4 members (excludes halogenated alkanes) is 3. The lowest BCUT2D eigenvalue weighted by molar-refractivity contribution is -0.137. The zero-order valence-electron chi connectivity index (χ0n) is 17.2. The van der Waals surface area contributed by atoms with Crippen molar-refractivity contribution in [3.63, 3.8) is 0 Å². The fraction of sp³-hybridized carbons (Fsp3) is 0.304. The number of hydrogen-bond acceptors (Lipinski definition) is 6. The quantitative estimate of drug-likeness (QED) is 0.243. The Morgan fingerprint density at radius 3 is 2.03 bits per heavy atom. The van der Waals surface area contributed by atoms with Gasteiger partial charge in [-0.3, -0.25) is 0 Å². The molecule has 162 valence electrons. The van der Waals surface area contributed by atoms with E-state index in [-0.39, 0.29) is 11.5 Å². The predicted octanol–water partition coefficient (Wildman–Crippen LogP) is 4.33. The van der Waals surface area contributed by atoms with E-state index in [4.69, 9.17) is 25.1 Å². The van der Waals surface area contributed by atoms with Gasteiger partial charge < -0.3 is 25.1 Å². The number of methoxy groups -OCH3 is 1. The fourth-order valence-corrected chi connectivity index (χ4v) is 2.28. The number of anilines is 1. The first-order valence-electron chi connectivity index (χ1n) is 9.61. The highest BCUT2D eigenvalue weighted by Crippen LogP contribution is 2.13. The third-order valence-corrected chi connectivity index (χ3v) is 3.94. The number of carbonyl (C=O) groups excluding carboxylic acids is 1. The maximum atomic E-state index is 10.8. The van der Waals surface area contributed by atoms with Crippen LogP contribution in [0.25, 0.3) is 0 Å². The molecule has 0 heterocycles. The number of nitrogen functional groups attached to an aromatic ring is 1. The van der Waals surface area contributed by atoms with Gasteiger partial charge in [-0.15, -0.1) is 0 Å². The Labute approximate surface area is 177 Å². The molecule has 3 N–H and O–H groups in total. The number of esters is 1. The van der Waals surface area contributed by atoms with Crippen molar-refractivity contribution in [2.45, 2.75) is 25.7 Å². The highest BCUT2D eigenvalue weighted by Gasteiger charge is 2.02. The number of aromatic carboxylic acids is 1. The summed E-state index contributed by atoms with van der Waals surface area (Å²) in [7, 11) is 1.63. The summed E-state index contributed by atoms with van der Waals surface area (Å²) in [4.78, 5) is 21.5. The zero-order chi connectivity index (χ0) is 22.2. The Morgan fingerprint density at radius 1 is 0.933 bits per heavy atom. The lowest BCUT2D eigenvalue weighted by Gasteiger charge is -2.06. The minimum Gasteiger partial charge on any atom is -0.497 e. The van der Waals surface area contributed by atoms with E-state index >= 15 is 0 Å². The second-order valence-electron chi connectivity index (χ2n) is 6.24. The first-order valence-corrected chi connectivity index (χ1v) is 9.61. The molecule has 0 unspecified atom stereocenters. The van der Waals surface area contributed by atoms with Crippen LogP contribution in [-0.2, 0) is 9.53 Å². The monoisotopic (exact) mass is 415 g/mol. The molecule has 0 bridgehead atoms. The van der Waals surface area contributed by atoms with Crippen LogP contribution in [0.4, 0.5) is 5.69 Å². The highest BCUT2D eigenvalue weighted by molar-refractivity contribution is 5.87. The third-order valence-electron chi connectivity index (χ3n) is 3.94. The average Bonchev–Trinajstić information content (AvgIpc) is 2.76. The van der Waals surface area contributed by atoms with Crippen molar-refractivity contribution < 1.29 is 28.9 Å². The van der Waals surface area contributed by atoms with E-state index in [2.05, 4.69) is 6.58 Å². The first kappa shape index (κ1) is 24.6. The van der Waals surface area contributed by atoms with Gasteiger partial charge in [-0.1, -0.05) is 6.58 Å². The van der Waals surface area contributed by atoms with Gasteiger partial charge in [-0.05, 0) is 74.2 Å². The van der Waals surface area contributed by atoms with E-state index in [1.807, 2.05) is 12.1 Å². The molecular weight excluding hydrogens is 386 g/mol. The van der Waals surface area contributed by atoms with Crippen molar-refractivity contribution >= 4 is 17.6 Å².